The van der Waals surface area contributed by atoms with E-state index in [1.54, 1.807) is 4.57 Å². The number of aromatic nitrogens is 4. The highest BCUT2D eigenvalue weighted by Crippen LogP contribution is 2.24. The number of thiophene rings is 1. The van der Waals surface area contributed by atoms with Gasteiger partial charge in [-0.05, 0) is 42.5 Å². The van der Waals surface area contributed by atoms with Gasteiger partial charge >= 0.3 is 0 Å². The predicted octanol–water partition coefficient (Wildman–Crippen LogP) is 3.78. The van der Waals surface area contributed by atoms with Gasteiger partial charge in [0.15, 0.2) is 0 Å². The quantitative estimate of drug-likeness (QED) is 0.620. The van der Waals surface area contributed by atoms with Crippen LogP contribution in [0.25, 0.3) is 16.0 Å². The van der Waals surface area contributed by atoms with Crippen LogP contribution in [-0.2, 0) is 17.8 Å². The number of hydrogen-bond acceptors (Lipinski definition) is 5. The smallest absolute Gasteiger partial charge is 0.272 e. The van der Waals surface area contributed by atoms with Crippen LogP contribution in [0.4, 0.5) is 0 Å². The van der Waals surface area contributed by atoms with Gasteiger partial charge in [-0.25, -0.2) is 0 Å². The summed E-state index contributed by atoms with van der Waals surface area (Å²) in [6.45, 7) is 7.01. The van der Waals surface area contributed by atoms with Gasteiger partial charge in [-0.2, -0.15) is 0 Å². The van der Waals surface area contributed by atoms with Gasteiger partial charge in [0.2, 0.25) is 11.7 Å². The molecule has 1 aliphatic rings. The van der Waals surface area contributed by atoms with Crippen molar-refractivity contribution in [2.75, 3.05) is 0 Å². The normalized spacial score (nSPS) is 19.7. The van der Waals surface area contributed by atoms with Crippen LogP contribution >= 0.6 is 11.3 Å². The van der Waals surface area contributed by atoms with E-state index in [-0.39, 0.29) is 11.5 Å². The predicted molar refractivity (Wildman–Crippen MR) is 120 cm³/mol. The molecule has 1 N–H and O–H groups in total. The van der Waals surface area contributed by atoms with Crippen LogP contribution in [0.15, 0.2) is 16.2 Å². The van der Waals surface area contributed by atoms with Crippen molar-refractivity contribution in [2.45, 2.75) is 78.3 Å². The Morgan fingerprint density at radius 1 is 1.30 bits per heavy atom. The summed E-state index contributed by atoms with van der Waals surface area (Å²) in [5.74, 6) is 2.42. The molecule has 30 heavy (non-hydrogen) atoms. The van der Waals surface area contributed by atoms with Crippen molar-refractivity contribution in [3.63, 3.8) is 0 Å². The summed E-state index contributed by atoms with van der Waals surface area (Å²) in [7, 11) is 0. The van der Waals surface area contributed by atoms with Crippen molar-refractivity contribution < 1.29 is 4.79 Å². The SMILES string of the molecule is CC(C)Cn1c(=O)c2sccc2n2c(CCCC(=O)N[C@H]3CCCC[C@@H]3C)nnc12. The van der Waals surface area contributed by atoms with Crippen molar-refractivity contribution in [1.82, 2.24) is 24.5 Å². The minimum Gasteiger partial charge on any atom is -0.353 e. The number of aryl methyl sites for hydroxylation is 1. The molecule has 0 radical (unpaired) electrons. The van der Waals surface area contributed by atoms with Gasteiger partial charge in [0.25, 0.3) is 5.56 Å². The van der Waals surface area contributed by atoms with Crippen LogP contribution in [0.5, 0.6) is 0 Å². The summed E-state index contributed by atoms with van der Waals surface area (Å²) >= 11 is 1.46. The van der Waals surface area contributed by atoms with Gasteiger partial charge in [0.1, 0.15) is 10.5 Å². The maximum Gasteiger partial charge on any atom is 0.272 e. The monoisotopic (exact) mass is 429 g/mol. The number of rotatable bonds is 7. The molecule has 1 fully saturated rings. The van der Waals surface area contributed by atoms with Crippen LogP contribution in [0.3, 0.4) is 0 Å². The maximum absolute atomic E-state index is 12.9. The number of amides is 1. The molecule has 0 spiro atoms. The van der Waals surface area contributed by atoms with E-state index in [0.717, 1.165) is 22.5 Å². The fourth-order valence-electron chi connectivity index (χ4n) is 4.49. The fraction of sp³-hybridized carbons (Fsp3) is 0.636. The summed E-state index contributed by atoms with van der Waals surface area (Å²) < 4.78 is 4.46. The zero-order chi connectivity index (χ0) is 21.3. The summed E-state index contributed by atoms with van der Waals surface area (Å²) in [6.07, 6.45) is 6.61. The Bertz CT molecular complexity index is 1100. The Morgan fingerprint density at radius 2 is 2.10 bits per heavy atom. The molecule has 1 saturated carbocycles. The summed E-state index contributed by atoms with van der Waals surface area (Å²) in [6, 6.07) is 2.27. The van der Waals surface area contributed by atoms with Gasteiger partial charge in [-0.15, -0.1) is 21.5 Å². The molecular formula is C22H31N5O2S. The largest absolute Gasteiger partial charge is 0.353 e. The molecule has 7 nitrogen and oxygen atoms in total. The molecule has 0 aromatic carbocycles. The van der Waals surface area contributed by atoms with E-state index in [0.29, 0.717) is 49.5 Å². The molecule has 2 atom stereocenters. The minimum absolute atomic E-state index is 0.00105. The molecule has 1 amide bonds. The van der Waals surface area contributed by atoms with Gasteiger partial charge < -0.3 is 5.32 Å². The first kappa shape index (κ1) is 21.0. The zero-order valence-corrected chi connectivity index (χ0v) is 18.9. The Balaban J connectivity index is 1.50. The molecule has 3 aromatic heterocycles. The maximum atomic E-state index is 12.9. The van der Waals surface area contributed by atoms with Crippen LogP contribution in [0, 0.1) is 11.8 Å². The highest BCUT2D eigenvalue weighted by molar-refractivity contribution is 7.17. The van der Waals surface area contributed by atoms with E-state index < -0.39 is 0 Å². The molecule has 3 aromatic rings. The number of hydrogen-bond donors (Lipinski definition) is 1. The number of nitrogens with zero attached hydrogens (tertiary/aromatic N) is 4. The van der Waals surface area contributed by atoms with Crippen molar-refractivity contribution in [1.29, 1.82) is 0 Å². The molecule has 8 heteroatoms. The lowest BCUT2D eigenvalue weighted by Gasteiger charge is -2.29. The minimum atomic E-state index is 0.00105. The topological polar surface area (TPSA) is 81.3 Å². The van der Waals surface area contributed by atoms with Crippen LogP contribution in [-0.4, -0.2) is 31.1 Å². The Kier molecular flexibility index (Phi) is 6.22. The van der Waals surface area contributed by atoms with E-state index in [1.165, 1.54) is 30.6 Å². The van der Waals surface area contributed by atoms with E-state index in [4.69, 9.17) is 0 Å². The molecule has 3 heterocycles. The second-order valence-electron chi connectivity index (χ2n) is 8.99. The molecule has 0 unspecified atom stereocenters. The van der Waals surface area contributed by atoms with Crippen molar-refractivity contribution in [3.8, 4) is 0 Å². The first-order chi connectivity index (χ1) is 14.5. The lowest BCUT2D eigenvalue weighted by atomic mass is 9.86. The van der Waals surface area contributed by atoms with E-state index in [9.17, 15) is 9.59 Å². The Morgan fingerprint density at radius 3 is 2.87 bits per heavy atom. The molecule has 4 rings (SSSR count). The summed E-state index contributed by atoms with van der Waals surface area (Å²) in [4.78, 5) is 25.3. The highest BCUT2D eigenvalue weighted by atomic mass is 32.1. The third kappa shape index (κ3) is 4.15. The van der Waals surface area contributed by atoms with Gasteiger partial charge in [0, 0.05) is 25.4 Å². The number of carbonyl (C=O) groups is 1. The zero-order valence-electron chi connectivity index (χ0n) is 18.1. The van der Waals surface area contributed by atoms with Crippen molar-refractivity contribution in [3.05, 3.63) is 27.6 Å². The van der Waals surface area contributed by atoms with Crippen LogP contribution < -0.4 is 10.9 Å². The molecule has 0 aliphatic heterocycles. The number of fused-ring (bicyclic) bond motifs is 3. The van der Waals surface area contributed by atoms with Crippen molar-refractivity contribution >= 4 is 33.2 Å². The lowest BCUT2D eigenvalue weighted by molar-refractivity contribution is -0.122. The highest BCUT2D eigenvalue weighted by Gasteiger charge is 2.23. The average Bonchev–Trinajstić information content (AvgIpc) is 3.34. The van der Waals surface area contributed by atoms with E-state index >= 15 is 0 Å². The van der Waals surface area contributed by atoms with Crippen molar-refractivity contribution in [2.24, 2.45) is 11.8 Å². The Hall–Kier alpha value is -2.22. The summed E-state index contributed by atoms with van der Waals surface area (Å²) in [5, 5.41) is 13.9. The fourth-order valence-corrected chi connectivity index (χ4v) is 5.31. The number of nitrogens with one attached hydrogen (secondary N) is 1. The molecule has 1 aliphatic carbocycles. The second-order valence-corrected chi connectivity index (χ2v) is 9.90. The summed E-state index contributed by atoms with van der Waals surface area (Å²) in [5.41, 5.74) is 0.863. The number of carbonyl (C=O) groups excluding carboxylic acids is 1. The third-order valence-corrected chi connectivity index (χ3v) is 6.98. The van der Waals surface area contributed by atoms with E-state index in [1.807, 2.05) is 15.8 Å². The van der Waals surface area contributed by atoms with Gasteiger partial charge in [0.05, 0.1) is 5.52 Å². The molecule has 0 saturated heterocycles. The Labute approximate surface area is 180 Å². The van der Waals surface area contributed by atoms with Gasteiger partial charge in [-0.1, -0.05) is 33.6 Å². The third-order valence-electron chi connectivity index (χ3n) is 6.09. The molecule has 162 valence electrons. The van der Waals surface area contributed by atoms with Crippen LogP contribution in [0.2, 0.25) is 0 Å². The average molecular weight is 430 g/mol. The van der Waals surface area contributed by atoms with Crippen LogP contribution in [0.1, 0.15) is 65.1 Å². The first-order valence-corrected chi connectivity index (χ1v) is 12.0. The van der Waals surface area contributed by atoms with E-state index in [2.05, 4.69) is 36.3 Å². The first-order valence-electron chi connectivity index (χ1n) is 11.1. The molecule has 0 bridgehead atoms. The van der Waals surface area contributed by atoms with Gasteiger partial charge in [-0.3, -0.25) is 18.6 Å². The molecular weight excluding hydrogens is 398 g/mol. The second kappa shape index (κ2) is 8.88. The standard InChI is InChI=1S/C22H31N5O2S/c1-14(2)13-26-21(29)20-17(11-12-30-20)27-18(24-25-22(26)27)9-6-10-19(28)23-16-8-5-4-7-15(16)3/h11-12,14-16H,4-10,13H2,1-3H3,(H,23,28)/t15-,16-/m0/s1. The lowest BCUT2D eigenvalue weighted by Crippen LogP contribution is -2.40.